The molecule has 2 N–H and O–H groups in total. The van der Waals surface area contributed by atoms with E-state index < -0.39 is 11.8 Å². The van der Waals surface area contributed by atoms with Gasteiger partial charge >= 0.3 is 5.97 Å². The summed E-state index contributed by atoms with van der Waals surface area (Å²) in [6.07, 6.45) is 5.21. The summed E-state index contributed by atoms with van der Waals surface area (Å²) in [7, 11) is 0. The van der Waals surface area contributed by atoms with E-state index in [1.54, 1.807) is 6.92 Å². The lowest BCUT2D eigenvalue weighted by Crippen LogP contribution is -2.23. The lowest BCUT2D eigenvalue weighted by atomic mass is 10.2. The standard InChI is InChI=1S/C14H18FN3O2/c1-2-20-13(19)4-3-10-7-12(15)14(17-8-10)18-11-5-6-16-9-11/h3-4,7-8,11,16H,2,5-6,9H2,1H3,(H,17,18)/b4-3+/t11-/m1/s1. The normalized spacial score (nSPS) is 18.4. The second-order valence-corrected chi connectivity index (χ2v) is 4.52. The van der Waals surface area contributed by atoms with Crippen LogP contribution in [0.15, 0.2) is 18.3 Å². The lowest BCUT2D eigenvalue weighted by molar-refractivity contribution is -0.137. The fourth-order valence-electron chi connectivity index (χ4n) is 1.98. The van der Waals surface area contributed by atoms with E-state index in [0.717, 1.165) is 19.5 Å². The molecule has 2 heterocycles. The van der Waals surface area contributed by atoms with Gasteiger partial charge in [-0.1, -0.05) is 0 Å². The Morgan fingerprint density at radius 1 is 1.70 bits per heavy atom. The number of carbonyl (C=O) groups excluding carboxylic acids is 1. The predicted octanol–water partition coefficient (Wildman–Crippen LogP) is 1.57. The molecule has 1 fully saturated rings. The van der Waals surface area contributed by atoms with Crippen molar-refractivity contribution in [3.05, 3.63) is 29.7 Å². The largest absolute Gasteiger partial charge is 0.463 e. The molecule has 1 atom stereocenters. The third-order valence-corrected chi connectivity index (χ3v) is 2.96. The first kappa shape index (κ1) is 14.5. The van der Waals surface area contributed by atoms with Crippen LogP contribution >= 0.6 is 0 Å². The third-order valence-electron chi connectivity index (χ3n) is 2.96. The van der Waals surface area contributed by atoms with Crippen LogP contribution in [0, 0.1) is 5.82 Å². The van der Waals surface area contributed by atoms with Crippen molar-refractivity contribution in [3.63, 3.8) is 0 Å². The molecule has 0 aliphatic carbocycles. The highest BCUT2D eigenvalue weighted by Crippen LogP contribution is 2.15. The summed E-state index contributed by atoms with van der Waals surface area (Å²) in [5.74, 6) is -0.637. The lowest BCUT2D eigenvalue weighted by Gasteiger charge is -2.12. The molecule has 0 radical (unpaired) electrons. The van der Waals surface area contributed by atoms with E-state index in [1.807, 2.05) is 0 Å². The molecule has 108 valence electrons. The third kappa shape index (κ3) is 4.03. The van der Waals surface area contributed by atoms with E-state index >= 15 is 0 Å². The number of carbonyl (C=O) groups is 1. The predicted molar refractivity (Wildman–Crippen MR) is 74.8 cm³/mol. The number of esters is 1. The molecule has 0 saturated carbocycles. The molecule has 0 spiro atoms. The van der Waals surface area contributed by atoms with E-state index in [9.17, 15) is 9.18 Å². The summed E-state index contributed by atoms with van der Waals surface area (Å²) >= 11 is 0. The van der Waals surface area contributed by atoms with Crippen LogP contribution in [0.4, 0.5) is 10.2 Å². The molecule has 2 rings (SSSR count). The van der Waals surface area contributed by atoms with Crippen molar-refractivity contribution >= 4 is 17.9 Å². The van der Waals surface area contributed by atoms with Gasteiger partial charge in [-0.2, -0.15) is 0 Å². The fraction of sp³-hybridized carbons (Fsp3) is 0.429. The molecular formula is C14H18FN3O2. The number of nitrogens with one attached hydrogen (secondary N) is 2. The molecule has 1 saturated heterocycles. The maximum absolute atomic E-state index is 13.9. The Kier molecular flexibility index (Phi) is 5.06. The van der Waals surface area contributed by atoms with Crippen molar-refractivity contribution in [2.24, 2.45) is 0 Å². The van der Waals surface area contributed by atoms with Gasteiger partial charge in [-0.25, -0.2) is 14.2 Å². The van der Waals surface area contributed by atoms with Crippen LogP contribution in [0.2, 0.25) is 0 Å². The van der Waals surface area contributed by atoms with E-state index in [1.165, 1.54) is 24.4 Å². The number of aromatic nitrogens is 1. The zero-order valence-corrected chi connectivity index (χ0v) is 11.4. The molecule has 1 aliphatic rings. The van der Waals surface area contributed by atoms with Crippen LogP contribution in [-0.2, 0) is 9.53 Å². The molecule has 0 aromatic carbocycles. The summed E-state index contributed by atoms with van der Waals surface area (Å²) in [5, 5.41) is 6.25. The van der Waals surface area contributed by atoms with Gasteiger partial charge in [0.1, 0.15) is 0 Å². The quantitative estimate of drug-likeness (QED) is 0.633. The monoisotopic (exact) mass is 279 g/mol. The zero-order valence-electron chi connectivity index (χ0n) is 11.4. The first-order chi connectivity index (χ1) is 9.69. The van der Waals surface area contributed by atoms with Crippen LogP contribution in [0.3, 0.4) is 0 Å². The molecule has 0 amide bonds. The average Bonchev–Trinajstić information content (AvgIpc) is 2.92. The maximum atomic E-state index is 13.9. The second kappa shape index (κ2) is 7.00. The van der Waals surface area contributed by atoms with Gasteiger partial charge in [0.15, 0.2) is 11.6 Å². The molecule has 6 heteroatoms. The van der Waals surface area contributed by atoms with Crippen LogP contribution in [0.25, 0.3) is 6.08 Å². The summed E-state index contributed by atoms with van der Waals surface area (Å²) < 4.78 is 18.6. The highest BCUT2D eigenvalue weighted by atomic mass is 19.1. The number of halogens is 1. The van der Waals surface area contributed by atoms with Gasteiger partial charge in [0.2, 0.25) is 0 Å². The smallest absolute Gasteiger partial charge is 0.330 e. The van der Waals surface area contributed by atoms with Crippen LogP contribution in [-0.4, -0.2) is 36.7 Å². The van der Waals surface area contributed by atoms with Crippen LogP contribution < -0.4 is 10.6 Å². The Labute approximate surface area is 117 Å². The minimum atomic E-state index is -0.452. The van der Waals surface area contributed by atoms with Gasteiger partial charge in [0.25, 0.3) is 0 Å². The maximum Gasteiger partial charge on any atom is 0.330 e. The number of hydrogen-bond acceptors (Lipinski definition) is 5. The fourth-order valence-corrected chi connectivity index (χ4v) is 1.98. The molecule has 1 aromatic heterocycles. The summed E-state index contributed by atoms with van der Waals surface area (Å²) in [6, 6.07) is 1.55. The molecule has 0 bridgehead atoms. The Morgan fingerprint density at radius 2 is 2.55 bits per heavy atom. The topological polar surface area (TPSA) is 63.2 Å². The number of rotatable bonds is 5. The van der Waals surface area contributed by atoms with Crippen molar-refractivity contribution < 1.29 is 13.9 Å². The number of nitrogens with zero attached hydrogens (tertiary/aromatic N) is 1. The summed E-state index contributed by atoms with van der Waals surface area (Å²) in [6.45, 7) is 3.78. The van der Waals surface area contributed by atoms with Gasteiger partial charge in [0.05, 0.1) is 6.61 Å². The van der Waals surface area contributed by atoms with Crippen molar-refractivity contribution in [2.75, 3.05) is 25.0 Å². The Balaban J connectivity index is 1.99. The van der Waals surface area contributed by atoms with Gasteiger partial charge in [0, 0.05) is 24.9 Å². The van der Waals surface area contributed by atoms with Crippen molar-refractivity contribution in [1.29, 1.82) is 0 Å². The number of ether oxygens (including phenoxy) is 1. The van der Waals surface area contributed by atoms with Gasteiger partial charge in [-0.15, -0.1) is 0 Å². The van der Waals surface area contributed by atoms with Gasteiger partial charge in [-0.05, 0) is 37.6 Å². The zero-order chi connectivity index (χ0) is 14.4. The highest BCUT2D eigenvalue weighted by molar-refractivity contribution is 5.87. The van der Waals surface area contributed by atoms with E-state index in [2.05, 4.69) is 15.6 Å². The first-order valence-corrected chi connectivity index (χ1v) is 6.66. The molecule has 20 heavy (non-hydrogen) atoms. The molecule has 5 nitrogen and oxygen atoms in total. The van der Waals surface area contributed by atoms with E-state index in [4.69, 9.17) is 4.74 Å². The van der Waals surface area contributed by atoms with E-state index in [-0.39, 0.29) is 11.9 Å². The molecular weight excluding hydrogens is 261 g/mol. The minimum Gasteiger partial charge on any atom is -0.463 e. The summed E-state index contributed by atoms with van der Waals surface area (Å²) in [4.78, 5) is 15.2. The number of anilines is 1. The molecule has 1 aromatic rings. The Morgan fingerprint density at radius 3 is 3.20 bits per heavy atom. The summed E-state index contributed by atoms with van der Waals surface area (Å²) in [5.41, 5.74) is 0.519. The average molecular weight is 279 g/mol. The number of hydrogen-bond donors (Lipinski definition) is 2. The van der Waals surface area contributed by atoms with Crippen molar-refractivity contribution in [1.82, 2.24) is 10.3 Å². The molecule has 1 aliphatic heterocycles. The minimum absolute atomic E-state index is 0.206. The molecule has 0 unspecified atom stereocenters. The van der Waals surface area contributed by atoms with Crippen LogP contribution in [0.5, 0.6) is 0 Å². The highest BCUT2D eigenvalue weighted by Gasteiger charge is 2.16. The number of pyridine rings is 1. The van der Waals surface area contributed by atoms with E-state index in [0.29, 0.717) is 12.2 Å². The van der Waals surface area contributed by atoms with Crippen molar-refractivity contribution in [2.45, 2.75) is 19.4 Å². The van der Waals surface area contributed by atoms with Crippen LogP contribution in [0.1, 0.15) is 18.9 Å². The second-order valence-electron chi connectivity index (χ2n) is 4.52. The van der Waals surface area contributed by atoms with Gasteiger partial charge in [-0.3, -0.25) is 0 Å². The van der Waals surface area contributed by atoms with Crippen molar-refractivity contribution in [3.8, 4) is 0 Å². The van der Waals surface area contributed by atoms with Gasteiger partial charge < -0.3 is 15.4 Å². The first-order valence-electron chi connectivity index (χ1n) is 6.66. The SMILES string of the molecule is CCOC(=O)/C=C/c1cnc(N[C@@H]2CCNC2)c(F)c1. The Hall–Kier alpha value is -1.95. The Bertz CT molecular complexity index is 499.